The van der Waals surface area contributed by atoms with Crippen molar-refractivity contribution in [3.8, 4) is 5.75 Å². The molecule has 2 aromatic carbocycles. The molecule has 6 nitrogen and oxygen atoms in total. The lowest BCUT2D eigenvalue weighted by atomic mass is 9.91. The van der Waals surface area contributed by atoms with E-state index in [9.17, 15) is 4.79 Å². The maximum Gasteiger partial charge on any atom is 0.292 e. The molecule has 2 aromatic heterocycles. The lowest BCUT2D eigenvalue weighted by Gasteiger charge is -2.15. The van der Waals surface area contributed by atoms with Gasteiger partial charge in [0.25, 0.3) is 5.56 Å². The van der Waals surface area contributed by atoms with Crippen LogP contribution in [0.3, 0.4) is 0 Å². The Morgan fingerprint density at radius 1 is 0.967 bits per heavy atom. The van der Waals surface area contributed by atoms with Crippen LogP contribution < -0.4 is 10.3 Å². The van der Waals surface area contributed by atoms with Crippen LogP contribution in [0.1, 0.15) is 35.6 Å². The van der Waals surface area contributed by atoms with Crippen molar-refractivity contribution in [1.29, 1.82) is 0 Å². The molecule has 0 spiro atoms. The molecule has 4 rings (SSSR count). The highest BCUT2D eigenvalue weighted by atomic mass is 16.5. The van der Waals surface area contributed by atoms with Gasteiger partial charge in [0.05, 0.1) is 5.69 Å². The van der Waals surface area contributed by atoms with Crippen LogP contribution in [-0.2, 0) is 13.2 Å². The van der Waals surface area contributed by atoms with Gasteiger partial charge in [-0.1, -0.05) is 65.9 Å². The number of ether oxygens (including phenoxy) is 1. The Balaban J connectivity index is 1.41. The molecule has 6 heteroatoms. The number of hydrogen-bond acceptors (Lipinski definition) is 4. The van der Waals surface area contributed by atoms with Crippen molar-refractivity contribution in [2.24, 2.45) is 0 Å². The maximum atomic E-state index is 12.8. The number of hydrogen-bond donors (Lipinski definition) is 1. The van der Waals surface area contributed by atoms with Gasteiger partial charge in [-0.2, -0.15) is 0 Å². The van der Waals surface area contributed by atoms with E-state index in [4.69, 9.17) is 4.74 Å². The van der Waals surface area contributed by atoms with Gasteiger partial charge in [-0.05, 0) is 36.1 Å². The summed E-state index contributed by atoms with van der Waals surface area (Å²) in [6.07, 6.45) is 5.33. The van der Waals surface area contributed by atoms with Crippen LogP contribution in [0, 0.1) is 0 Å². The fraction of sp³-hybridized carbons (Fsp3) is 0.208. The number of aromatic amines is 1. The summed E-state index contributed by atoms with van der Waals surface area (Å²) in [6.45, 7) is 0.991. The van der Waals surface area contributed by atoms with Gasteiger partial charge in [0.15, 0.2) is 5.75 Å². The first kappa shape index (κ1) is 19.6. The molecule has 1 N–H and O–H groups in total. The average Bonchev–Trinajstić information content (AvgIpc) is 3.33. The van der Waals surface area contributed by atoms with Crippen molar-refractivity contribution in [3.05, 3.63) is 112 Å². The molecule has 4 aromatic rings. The van der Waals surface area contributed by atoms with Gasteiger partial charge in [-0.15, -0.1) is 5.10 Å². The van der Waals surface area contributed by atoms with Crippen LogP contribution >= 0.6 is 0 Å². The third-order valence-electron chi connectivity index (χ3n) is 5.11. The molecule has 1 atom stereocenters. The molecule has 0 aliphatic carbocycles. The van der Waals surface area contributed by atoms with Crippen molar-refractivity contribution >= 4 is 0 Å². The molecule has 0 saturated carbocycles. The summed E-state index contributed by atoms with van der Waals surface area (Å²) >= 11 is 0. The molecule has 0 fully saturated rings. The smallest absolute Gasteiger partial charge is 0.292 e. The van der Waals surface area contributed by atoms with E-state index in [1.165, 1.54) is 5.56 Å². The van der Waals surface area contributed by atoms with E-state index < -0.39 is 0 Å². The maximum absolute atomic E-state index is 12.8. The Labute approximate surface area is 175 Å². The number of nitrogens with zero attached hydrogens (tertiary/aromatic N) is 3. The lowest BCUT2D eigenvalue weighted by Crippen LogP contribution is -2.21. The van der Waals surface area contributed by atoms with Crippen LogP contribution in [0.2, 0.25) is 0 Å². The van der Waals surface area contributed by atoms with Crippen LogP contribution in [0.5, 0.6) is 5.75 Å². The first-order valence-electron chi connectivity index (χ1n) is 10.1. The molecule has 0 bridgehead atoms. The number of pyridine rings is 1. The Kier molecular flexibility index (Phi) is 6.35. The van der Waals surface area contributed by atoms with Gasteiger partial charge in [-0.3, -0.25) is 9.89 Å². The van der Waals surface area contributed by atoms with E-state index in [1.807, 2.05) is 67.0 Å². The predicted molar refractivity (Wildman–Crippen MR) is 115 cm³/mol. The Morgan fingerprint density at radius 2 is 1.73 bits per heavy atom. The lowest BCUT2D eigenvalue weighted by molar-refractivity contribution is 0.298. The normalized spacial score (nSPS) is 11.9. The number of nitrogens with one attached hydrogen (secondary N) is 1. The van der Waals surface area contributed by atoms with Crippen molar-refractivity contribution in [1.82, 2.24) is 20.0 Å². The number of rotatable bonds is 9. The molecule has 1 unspecified atom stereocenters. The highest BCUT2D eigenvalue weighted by molar-refractivity contribution is 5.26. The third-order valence-corrected chi connectivity index (χ3v) is 5.11. The Bertz CT molecular complexity index is 1090. The van der Waals surface area contributed by atoms with Crippen molar-refractivity contribution in [2.75, 3.05) is 0 Å². The van der Waals surface area contributed by atoms with Gasteiger partial charge in [0, 0.05) is 24.9 Å². The van der Waals surface area contributed by atoms with E-state index in [0.717, 1.165) is 24.1 Å². The van der Waals surface area contributed by atoms with E-state index in [0.29, 0.717) is 18.9 Å². The summed E-state index contributed by atoms with van der Waals surface area (Å²) in [5.74, 6) is 0.510. The van der Waals surface area contributed by atoms with Crippen LogP contribution in [0.25, 0.3) is 0 Å². The summed E-state index contributed by atoms with van der Waals surface area (Å²) in [7, 11) is 0. The second kappa shape index (κ2) is 9.69. The zero-order valence-electron chi connectivity index (χ0n) is 16.6. The van der Waals surface area contributed by atoms with Gasteiger partial charge in [0.2, 0.25) is 0 Å². The highest BCUT2D eigenvalue weighted by Gasteiger charge is 2.16. The number of aromatic nitrogens is 4. The molecule has 0 saturated heterocycles. The quantitative estimate of drug-likeness (QED) is 0.458. The topological polar surface area (TPSA) is 72.8 Å². The zero-order chi connectivity index (χ0) is 20.6. The van der Waals surface area contributed by atoms with Gasteiger partial charge in [0.1, 0.15) is 6.61 Å². The van der Waals surface area contributed by atoms with Crippen LogP contribution in [0.4, 0.5) is 0 Å². The molecular weight excluding hydrogens is 376 g/mol. The summed E-state index contributed by atoms with van der Waals surface area (Å²) in [6, 6.07) is 23.7. The highest BCUT2D eigenvalue weighted by Crippen LogP contribution is 2.27. The Hall–Kier alpha value is -3.67. The minimum absolute atomic E-state index is 0.105. The average molecular weight is 400 g/mol. The molecule has 0 radical (unpaired) electrons. The molecule has 30 heavy (non-hydrogen) atoms. The molecule has 0 aliphatic heterocycles. The SMILES string of the molecule is O=c1c(OCc2ccccc2)cccn1CCCC(c1ccccc1)c1c[nH]nn1. The van der Waals surface area contributed by atoms with E-state index in [1.54, 1.807) is 10.6 Å². The minimum Gasteiger partial charge on any atom is -0.483 e. The molecule has 2 heterocycles. The van der Waals surface area contributed by atoms with E-state index in [-0.39, 0.29) is 11.5 Å². The first-order valence-corrected chi connectivity index (χ1v) is 10.1. The largest absolute Gasteiger partial charge is 0.483 e. The van der Waals surface area contributed by atoms with Crippen molar-refractivity contribution in [2.45, 2.75) is 31.9 Å². The minimum atomic E-state index is -0.105. The van der Waals surface area contributed by atoms with E-state index >= 15 is 0 Å². The fourth-order valence-corrected chi connectivity index (χ4v) is 3.55. The van der Waals surface area contributed by atoms with Gasteiger partial charge in [-0.25, -0.2) is 0 Å². The number of aryl methyl sites for hydroxylation is 1. The zero-order valence-corrected chi connectivity index (χ0v) is 16.6. The van der Waals surface area contributed by atoms with E-state index in [2.05, 4.69) is 27.5 Å². The molecule has 0 amide bonds. The van der Waals surface area contributed by atoms with Gasteiger partial charge >= 0.3 is 0 Å². The fourth-order valence-electron chi connectivity index (χ4n) is 3.55. The molecular formula is C24H24N4O2. The van der Waals surface area contributed by atoms with Crippen LogP contribution in [-0.4, -0.2) is 20.0 Å². The summed E-state index contributed by atoms with van der Waals surface area (Å²) < 4.78 is 7.48. The molecule has 152 valence electrons. The number of H-pyrrole nitrogens is 1. The predicted octanol–water partition coefficient (Wildman–Crippen LogP) is 4.16. The summed E-state index contributed by atoms with van der Waals surface area (Å²) in [4.78, 5) is 12.8. The second-order valence-corrected chi connectivity index (χ2v) is 7.15. The van der Waals surface area contributed by atoms with Crippen LogP contribution in [0.15, 0.2) is 90.0 Å². The third kappa shape index (κ3) is 4.84. The van der Waals surface area contributed by atoms with Crippen molar-refractivity contribution < 1.29 is 4.74 Å². The summed E-state index contributed by atoms with van der Waals surface area (Å²) in [5.41, 5.74) is 3.03. The first-order chi connectivity index (χ1) is 14.8. The standard InChI is InChI=1S/C24H24N4O2/c29-24-23(30-18-19-9-3-1-4-10-19)14-8-16-28(24)15-7-13-21(22-17-25-27-26-22)20-11-5-2-6-12-20/h1-6,8-12,14,16-17,21H,7,13,15,18H2,(H,25,26,27). The Morgan fingerprint density at radius 3 is 2.47 bits per heavy atom. The monoisotopic (exact) mass is 400 g/mol. The number of benzene rings is 2. The second-order valence-electron chi connectivity index (χ2n) is 7.15. The molecule has 0 aliphatic rings. The summed E-state index contributed by atoms with van der Waals surface area (Å²) in [5, 5.41) is 10.9. The van der Waals surface area contributed by atoms with Crippen molar-refractivity contribution in [3.63, 3.8) is 0 Å². The van der Waals surface area contributed by atoms with Gasteiger partial charge < -0.3 is 9.30 Å².